The summed E-state index contributed by atoms with van der Waals surface area (Å²) in [5, 5.41) is 10.5. The van der Waals surface area contributed by atoms with Gasteiger partial charge in [0.1, 0.15) is 0 Å². The van der Waals surface area contributed by atoms with Crippen LogP contribution in [0, 0.1) is 5.92 Å². The fraction of sp³-hybridized carbons (Fsp3) is 1.00. The van der Waals surface area contributed by atoms with Crippen molar-refractivity contribution in [1.82, 2.24) is 0 Å². The molecule has 0 bridgehead atoms. The SMILES string of the molecule is CC1CCCC(O)(C2(N)CCC2)C1. The predicted octanol–water partition coefficient (Wildman–Crippen LogP) is 1.81. The molecule has 0 aliphatic heterocycles. The molecule has 2 nitrogen and oxygen atoms in total. The van der Waals surface area contributed by atoms with Gasteiger partial charge in [-0.1, -0.05) is 19.8 Å². The van der Waals surface area contributed by atoms with E-state index in [2.05, 4.69) is 6.92 Å². The molecule has 0 aromatic heterocycles. The molecule has 2 saturated carbocycles. The molecule has 2 atom stereocenters. The van der Waals surface area contributed by atoms with Crippen molar-refractivity contribution in [3.05, 3.63) is 0 Å². The molecule has 0 aromatic rings. The van der Waals surface area contributed by atoms with E-state index in [-0.39, 0.29) is 5.54 Å². The predicted molar refractivity (Wildman–Crippen MR) is 53.4 cm³/mol. The van der Waals surface area contributed by atoms with Gasteiger partial charge in [0.25, 0.3) is 0 Å². The third kappa shape index (κ3) is 1.40. The second-order valence-electron chi connectivity index (χ2n) is 5.24. The first-order chi connectivity index (χ1) is 6.06. The Morgan fingerprint density at radius 2 is 1.92 bits per heavy atom. The Morgan fingerprint density at radius 3 is 2.38 bits per heavy atom. The highest BCUT2D eigenvalue weighted by Gasteiger charge is 2.52. The molecule has 13 heavy (non-hydrogen) atoms. The smallest absolute Gasteiger partial charge is 0.0828 e. The molecule has 2 fully saturated rings. The highest BCUT2D eigenvalue weighted by atomic mass is 16.3. The van der Waals surface area contributed by atoms with Gasteiger partial charge >= 0.3 is 0 Å². The third-order valence-corrected chi connectivity index (χ3v) is 4.15. The number of aliphatic hydroxyl groups is 1. The van der Waals surface area contributed by atoms with Gasteiger partial charge in [0.15, 0.2) is 0 Å². The Morgan fingerprint density at radius 1 is 1.23 bits per heavy atom. The Hall–Kier alpha value is -0.0800. The van der Waals surface area contributed by atoms with E-state index in [4.69, 9.17) is 5.73 Å². The fourth-order valence-corrected chi connectivity index (χ4v) is 3.00. The minimum absolute atomic E-state index is 0.234. The number of hydrogen-bond donors (Lipinski definition) is 2. The first-order valence-electron chi connectivity index (χ1n) is 5.57. The molecular formula is C11H21NO. The molecular weight excluding hydrogens is 162 g/mol. The van der Waals surface area contributed by atoms with Crippen LogP contribution < -0.4 is 5.73 Å². The lowest BCUT2D eigenvalue weighted by atomic mass is 9.60. The van der Waals surface area contributed by atoms with Crippen LogP contribution in [0.1, 0.15) is 51.9 Å². The van der Waals surface area contributed by atoms with Crippen LogP contribution in [0.15, 0.2) is 0 Å². The van der Waals surface area contributed by atoms with Gasteiger partial charge in [0, 0.05) is 5.54 Å². The van der Waals surface area contributed by atoms with Gasteiger partial charge < -0.3 is 10.8 Å². The van der Waals surface area contributed by atoms with Crippen LogP contribution in [0.25, 0.3) is 0 Å². The largest absolute Gasteiger partial charge is 0.388 e. The third-order valence-electron chi connectivity index (χ3n) is 4.15. The van der Waals surface area contributed by atoms with Crippen molar-refractivity contribution in [1.29, 1.82) is 0 Å². The lowest BCUT2D eigenvalue weighted by Crippen LogP contribution is -2.65. The van der Waals surface area contributed by atoms with Crippen LogP contribution in [0.4, 0.5) is 0 Å². The van der Waals surface area contributed by atoms with E-state index in [0.717, 1.165) is 32.1 Å². The number of nitrogens with two attached hydrogens (primary N) is 1. The standard InChI is InChI=1S/C11H21NO/c1-9-4-2-7-11(13,8-9)10(12)5-3-6-10/h9,13H,2-8,12H2,1H3. The summed E-state index contributed by atoms with van der Waals surface area (Å²) in [6.07, 6.45) is 7.51. The Kier molecular flexibility index (Phi) is 2.16. The van der Waals surface area contributed by atoms with Crippen LogP contribution in [0.5, 0.6) is 0 Å². The van der Waals surface area contributed by atoms with Crippen molar-refractivity contribution in [3.8, 4) is 0 Å². The van der Waals surface area contributed by atoms with E-state index >= 15 is 0 Å². The summed E-state index contributed by atoms with van der Waals surface area (Å²) in [6, 6.07) is 0. The summed E-state index contributed by atoms with van der Waals surface area (Å²) >= 11 is 0. The van der Waals surface area contributed by atoms with Crippen LogP contribution >= 0.6 is 0 Å². The van der Waals surface area contributed by atoms with Gasteiger partial charge in [0.05, 0.1) is 5.60 Å². The highest BCUT2D eigenvalue weighted by molar-refractivity contribution is 5.09. The molecule has 2 rings (SSSR count). The normalized spacial score (nSPS) is 44.1. The van der Waals surface area contributed by atoms with Crippen molar-refractivity contribution in [2.45, 2.75) is 63.0 Å². The molecule has 76 valence electrons. The first-order valence-corrected chi connectivity index (χ1v) is 5.57. The quantitative estimate of drug-likeness (QED) is 0.651. The molecule has 2 unspecified atom stereocenters. The van der Waals surface area contributed by atoms with E-state index in [1.165, 1.54) is 12.8 Å². The molecule has 0 heterocycles. The minimum Gasteiger partial charge on any atom is -0.388 e. The summed E-state index contributed by atoms with van der Waals surface area (Å²) in [5.74, 6) is 0.653. The van der Waals surface area contributed by atoms with Crippen molar-refractivity contribution in [2.24, 2.45) is 11.7 Å². The van der Waals surface area contributed by atoms with E-state index in [1.54, 1.807) is 0 Å². The molecule has 0 radical (unpaired) electrons. The first kappa shape index (κ1) is 9.47. The zero-order chi connectivity index (χ0) is 9.53. The molecule has 2 aliphatic carbocycles. The van der Waals surface area contributed by atoms with Gasteiger partial charge in [-0.05, 0) is 38.0 Å². The Bertz CT molecular complexity index is 200. The zero-order valence-electron chi connectivity index (χ0n) is 8.55. The number of rotatable bonds is 1. The van der Waals surface area contributed by atoms with Crippen molar-refractivity contribution in [3.63, 3.8) is 0 Å². The summed E-state index contributed by atoms with van der Waals surface area (Å²) in [4.78, 5) is 0. The minimum atomic E-state index is -0.539. The molecule has 0 amide bonds. The molecule has 0 spiro atoms. The average molecular weight is 183 g/mol. The molecule has 2 heteroatoms. The van der Waals surface area contributed by atoms with Crippen LogP contribution in [0.2, 0.25) is 0 Å². The summed E-state index contributed by atoms with van der Waals surface area (Å²) < 4.78 is 0. The molecule has 0 aromatic carbocycles. The van der Waals surface area contributed by atoms with Gasteiger partial charge in [-0.15, -0.1) is 0 Å². The summed E-state index contributed by atoms with van der Waals surface area (Å²) in [5.41, 5.74) is 5.45. The van der Waals surface area contributed by atoms with Crippen molar-refractivity contribution >= 4 is 0 Å². The maximum atomic E-state index is 10.5. The molecule has 3 N–H and O–H groups in total. The van der Waals surface area contributed by atoms with Gasteiger partial charge in [-0.25, -0.2) is 0 Å². The second kappa shape index (κ2) is 2.96. The van der Waals surface area contributed by atoms with Gasteiger partial charge in [-0.3, -0.25) is 0 Å². The van der Waals surface area contributed by atoms with Gasteiger partial charge in [0.2, 0.25) is 0 Å². The summed E-state index contributed by atoms with van der Waals surface area (Å²) in [7, 11) is 0. The molecule has 2 aliphatic rings. The van der Waals surface area contributed by atoms with Gasteiger partial charge in [-0.2, -0.15) is 0 Å². The van der Waals surface area contributed by atoms with Crippen LogP contribution in [0.3, 0.4) is 0 Å². The molecule has 0 saturated heterocycles. The van der Waals surface area contributed by atoms with Crippen molar-refractivity contribution < 1.29 is 5.11 Å². The monoisotopic (exact) mass is 183 g/mol. The fourth-order valence-electron chi connectivity index (χ4n) is 3.00. The topological polar surface area (TPSA) is 46.2 Å². The maximum absolute atomic E-state index is 10.5. The van der Waals surface area contributed by atoms with E-state index in [0.29, 0.717) is 5.92 Å². The highest BCUT2D eigenvalue weighted by Crippen LogP contribution is 2.47. The second-order valence-corrected chi connectivity index (χ2v) is 5.24. The lowest BCUT2D eigenvalue weighted by molar-refractivity contribution is -0.105. The van der Waals surface area contributed by atoms with E-state index in [9.17, 15) is 5.11 Å². The van der Waals surface area contributed by atoms with Crippen LogP contribution in [-0.2, 0) is 0 Å². The van der Waals surface area contributed by atoms with Crippen LogP contribution in [-0.4, -0.2) is 16.2 Å². The Balaban J connectivity index is 2.09. The average Bonchev–Trinajstić information content (AvgIpc) is 1.99. The number of hydrogen-bond acceptors (Lipinski definition) is 2. The Labute approximate surface area is 80.5 Å². The van der Waals surface area contributed by atoms with E-state index < -0.39 is 5.60 Å². The van der Waals surface area contributed by atoms with Crippen molar-refractivity contribution in [2.75, 3.05) is 0 Å². The summed E-state index contributed by atoms with van der Waals surface area (Å²) in [6.45, 7) is 2.23. The maximum Gasteiger partial charge on any atom is 0.0828 e. The lowest BCUT2D eigenvalue weighted by Gasteiger charge is -2.53. The zero-order valence-corrected chi connectivity index (χ0v) is 8.55. The van der Waals surface area contributed by atoms with E-state index in [1.807, 2.05) is 0 Å².